The first-order valence-corrected chi connectivity index (χ1v) is 7.45. The molecule has 6 heteroatoms. The number of amides is 1. The summed E-state index contributed by atoms with van der Waals surface area (Å²) in [5.41, 5.74) is 0.920. The molecule has 2 fully saturated rings. The third-order valence-corrected chi connectivity index (χ3v) is 3.95. The average molecular weight is 307 g/mol. The van der Waals surface area contributed by atoms with Gasteiger partial charge in [-0.05, 0) is 25.8 Å². The molecule has 1 aromatic carbocycles. The van der Waals surface area contributed by atoms with E-state index in [2.05, 4.69) is 5.32 Å². The van der Waals surface area contributed by atoms with E-state index < -0.39 is 24.1 Å². The largest absolute Gasteiger partial charge is 0.445 e. The van der Waals surface area contributed by atoms with Gasteiger partial charge in [0.05, 0.1) is 12.1 Å². The Morgan fingerprint density at radius 1 is 1.32 bits per heavy atom. The van der Waals surface area contributed by atoms with E-state index in [0.717, 1.165) is 5.56 Å². The van der Waals surface area contributed by atoms with Crippen LogP contribution in [0.2, 0.25) is 0 Å². The Bertz CT molecular complexity index is 533. The van der Waals surface area contributed by atoms with Crippen LogP contribution in [0.25, 0.3) is 0 Å². The van der Waals surface area contributed by atoms with Crippen molar-refractivity contribution in [3.05, 3.63) is 35.9 Å². The lowest BCUT2D eigenvalue weighted by molar-refractivity contribution is -0.163. The Kier molecular flexibility index (Phi) is 4.08. The van der Waals surface area contributed by atoms with Crippen molar-refractivity contribution in [3.8, 4) is 0 Å². The Morgan fingerprint density at radius 2 is 2.00 bits per heavy atom. The maximum Gasteiger partial charge on any atom is 0.407 e. The summed E-state index contributed by atoms with van der Waals surface area (Å²) in [5.74, 6) is -0.745. The standard InChI is InChI=1S/C16H21NO5/c1-16(2)21-13-11(8-12(18)14(13)22-16)17-15(19)20-9-10-6-4-3-5-7-10/h3-7,11-14,18H,8-9H2,1-2H3,(H,17,19)/t11-,12?,13+,14-/m1/s1. The first-order chi connectivity index (χ1) is 10.4. The Balaban J connectivity index is 1.53. The smallest absolute Gasteiger partial charge is 0.407 e. The minimum atomic E-state index is -0.745. The van der Waals surface area contributed by atoms with Crippen molar-refractivity contribution in [2.45, 2.75) is 57.0 Å². The van der Waals surface area contributed by atoms with Gasteiger partial charge in [0.15, 0.2) is 5.79 Å². The van der Waals surface area contributed by atoms with Crippen molar-refractivity contribution in [1.82, 2.24) is 5.32 Å². The molecular weight excluding hydrogens is 286 g/mol. The number of aliphatic hydroxyl groups excluding tert-OH is 1. The molecule has 1 aliphatic carbocycles. The molecule has 0 spiro atoms. The topological polar surface area (TPSA) is 77.0 Å². The number of carbonyl (C=O) groups is 1. The second kappa shape index (κ2) is 5.87. The van der Waals surface area contributed by atoms with E-state index in [-0.39, 0.29) is 18.8 Å². The highest BCUT2D eigenvalue weighted by Crippen LogP contribution is 2.38. The fraction of sp³-hybridized carbons (Fsp3) is 0.562. The summed E-state index contributed by atoms with van der Waals surface area (Å²) in [7, 11) is 0. The fourth-order valence-electron chi connectivity index (χ4n) is 3.01. The number of hydrogen-bond donors (Lipinski definition) is 2. The van der Waals surface area contributed by atoms with E-state index in [1.165, 1.54) is 0 Å². The van der Waals surface area contributed by atoms with Gasteiger partial charge in [-0.15, -0.1) is 0 Å². The van der Waals surface area contributed by atoms with Crippen LogP contribution in [0.5, 0.6) is 0 Å². The molecule has 1 heterocycles. The lowest BCUT2D eigenvalue weighted by Crippen LogP contribution is -2.43. The molecule has 6 nitrogen and oxygen atoms in total. The van der Waals surface area contributed by atoms with E-state index >= 15 is 0 Å². The van der Waals surface area contributed by atoms with Crippen LogP contribution >= 0.6 is 0 Å². The molecule has 1 aliphatic heterocycles. The van der Waals surface area contributed by atoms with Crippen LogP contribution in [0.4, 0.5) is 4.79 Å². The van der Waals surface area contributed by atoms with Gasteiger partial charge in [0, 0.05) is 0 Å². The van der Waals surface area contributed by atoms with E-state index in [0.29, 0.717) is 6.42 Å². The summed E-state index contributed by atoms with van der Waals surface area (Å²) in [4.78, 5) is 11.9. The summed E-state index contributed by atoms with van der Waals surface area (Å²) in [5, 5.41) is 12.8. The average Bonchev–Trinajstić information content (AvgIpc) is 2.93. The fourth-order valence-corrected chi connectivity index (χ4v) is 3.01. The summed E-state index contributed by atoms with van der Waals surface area (Å²) in [6.45, 7) is 3.80. The molecule has 3 rings (SSSR count). The zero-order valence-electron chi connectivity index (χ0n) is 12.7. The number of rotatable bonds is 3. The Labute approximate surface area is 129 Å². The lowest BCUT2D eigenvalue weighted by Gasteiger charge is -2.22. The van der Waals surface area contributed by atoms with Crippen LogP contribution < -0.4 is 5.32 Å². The molecule has 2 N–H and O–H groups in total. The van der Waals surface area contributed by atoms with Gasteiger partial charge in [-0.25, -0.2) is 4.79 Å². The zero-order chi connectivity index (χ0) is 15.7. The maximum absolute atomic E-state index is 11.9. The van der Waals surface area contributed by atoms with Crippen molar-refractivity contribution in [2.24, 2.45) is 0 Å². The van der Waals surface area contributed by atoms with E-state index in [9.17, 15) is 9.90 Å². The monoisotopic (exact) mass is 307 g/mol. The number of ether oxygens (including phenoxy) is 3. The molecule has 120 valence electrons. The number of fused-ring (bicyclic) bond motifs is 1. The Morgan fingerprint density at radius 3 is 2.73 bits per heavy atom. The molecule has 22 heavy (non-hydrogen) atoms. The van der Waals surface area contributed by atoms with Crippen LogP contribution in [0.3, 0.4) is 0 Å². The molecule has 1 saturated carbocycles. The number of carbonyl (C=O) groups excluding carboxylic acids is 1. The second-order valence-electron chi connectivity index (χ2n) is 6.18. The number of nitrogens with one attached hydrogen (secondary N) is 1. The van der Waals surface area contributed by atoms with Crippen molar-refractivity contribution < 1.29 is 24.1 Å². The minimum absolute atomic E-state index is 0.207. The van der Waals surface area contributed by atoms with Crippen LogP contribution in [-0.4, -0.2) is 41.3 Å². The van der Waals surface area contributed by atoms with Gasteiger partial charge in [0.2, 0.25) is 0 Å². The number of aliphatic hydroxyl groups is 1. The van der Waals surface area contributed by atoms with Crippen molar-refractivity contribution in [2.75, 3.05) is 0 Å². The number of benzene rings is 1. The molecule has 1 unspecified atom stereocenters. The molecule has 4 atom stereocenters. The summed E-state index contributed by atoms with van der Waals surface area (Å²) in [6.07, 6.45) is -1.53. The second-order valence-corrected chi connectivity index (χ2v) is 6.18. The van der Waals surface area contributed by atoms with Crippen molar-refractivity contribution in [3.63, 3.8) is 0 Å². The molecular formula is C16H21NO5. The maximum atomic E-state index is 11.9. The highest BCUT2D eigenvalue weighted by atomic mass is 16.8. The quantitative estimate of drug-likeness (QED) is 0.886. The van der Waals surface area contributed by atoms with Crippen LogP contribution in [0.1, 0.15) is 25.8 Å². The van der Waals surface area contributed by atoms with Gasteiger partial charge in [-0.2, -0.15) is 0 Å². The highest BCUT2D eigenvalue weighted by molar-refractivity contribution is 5.67. The van der Waals surface area contributed by atoms with Crippen LogP contribution in [0, 0.1) is 0 Å². The molecule has 0 bridgehead atoms. The predicted molar refractivity (Wildman–Crippen MR) is 78.0 cm³/mol. The van der Waals surface area contributed by atoms with Crippen molar-refractivity contribution >= 4 is 6.09 Å². The third-order valence-electron chi connectivity index (χ3n) is 3.95. The van der Waals surface area contributed by atoms with Gasteiger partial charge in [0.1, 0.15) is 18.8 Å². The normalized spacial score (nSPS) is 32.5. The lowest BCUT2D eigenvalue weighted by atomic mass is 10.2. The molecule has 1 saturated heterocycles. The third kappa shape index (κ3) is 3.24. The van der Waals surface area contributed by atoms with E-state index in [4.69, 9.17) is 14.2 Å². The zero-order valence-corrected chi connectivity index (χ0v) is 12.7. The summed E-state index contributed by atoms with van der Waals surface area (Å²) in [6, 6.07) is 9.15. The number of hydrogen-bond acceptors (Lipinski definition) is 5. The first-order valence-electron chi connectivity index (χ1n) is 7.45. The molecule has 0 radical (unpaired) electrons. The SMILES string of the molecule is CC1(C)O[C@@H]2[C@H](O1)C(O)C[C@H]2NC(=O)OCc1ccccc1. The molecule has 1 amide bonds. The predicted octanol–water partition coefficient (Wildman–Crippen LogP) is 1.57. The van der Waals surface area contributed by atoms with Gasteiger partial charge in [-0.1, -0.05) is 30.3 Å². The highest BCUT2D eigenvalue weighted by Gasteiger charge is 2.54. The number of alkyl carbamates (subject to hydrolysis) is 1. The van der Waals surface area contributed by atoms with E-state index in [1.54, 1.807) is 13.8 Å². The molecule has 1 aromatic rings. The van der Waals surface area contributed by atoms with Gasteiger partial charge < -0.3 is 24.6 Å². The van der Waals surface area contributed by atoms with Gasteiger partial charge >= 0.3 is 6.09 Å². The molecule has 0 aromatic heterocycles. The first kappa shape index (κ1) is 15.3. The van der Waals surface area contributed by atoms with Crippen LogP contribution in [0.15, 0.2) is 30.3 Å². The van der Waals surface area contributed by atoms with E-state index in [1.807, 2.05) is 30.3 Å². The van der Waals surface area contributed by atoms with Crippen LogP contribution in [-0.2, 0) is 20.8 Å². The molecule has 2 aliphatic rings. The minimum Gasteiger partial charge on any atom is -0.445 e. The van der Waals surface area contributed by atoms with Gasteiger partial charge in [-0.3, -0.25) is 0 Å². The van der Waals surface area contributed by atoms with Gasteiger partial charge in [0.25, 0.3) is 0 Å². The summed E-state index contributed by atoms with van der Waals surface area (Å²) < 4.78 is 16.6. The summed E-state index contributed by atoms with van der Waals surface area (Å²) >= 11 is 0. The Hall–Kier alpha value is -1.63. The van der Waals surface area contributed by atoms with Crippen molar-refractivity contribution in [1.29, 1.82) is 0 Å².